The van der Waals surface area contributed by atoms with Crippen molar-refractivity contribution < 1.29 is 38.2 Å². The molecule has 2 aliphatic rings. The Morgan fingerprint density at radius 3 is 1.80 bits per heavy atom. The van der Waals surface area contributed by atoms with Crippen LogP contribution in [0.25, 0.3) is 0 Å². The highest BCUT2D eigenvalue weighted by atomic mass is 16.6. The summed E-state index contributed by atoms with van der Waals surface area (Å²) < 4.78 is 10.1. The van der Waals surface area contributed by atoms with E-state index in [1.165, 1.54) is 7.11 Å². The summed E-state index contributed by atoms with van der Waals surface area (Å²) in [6.45, 7) is 8.02. The van der Waals surface area contributed by atoms with Gasteiger partial charge in [0.25, 0.3) is 0 Å². The lowest BCUT2D eigenvalue weighted by molar-refractivity contribution is -0.145. The van der Waals surface area contributed by atoms with Crippen LogP contribution in [0.4, 0.5) is 4.79 Å². The molecule has 0 radical (unpaired) electrons. The van der Waals surface area contributed by atoms with E-state index in [1.807, 2.05) is 50.3 Å². The van der Waals surface area contributed by atoms with Gasteiger partial charge in [-0.2, -0.15) is 0 Å². The van der Waals surface area contributed by atoms with Gasteiger partial charge in [-0.05, 0) is 58.8 Å². The topological polar surface area (TPSA) is 181 Å². The number of rotatable bonds is 16. The SMILES string of the molecule is COC(=O)[C@H](CC(C)C)NC(=O)[C@H](CC1=CC=CC1)NC(=O)CNC(=O)CNC(=O)[C@H](CC1=CC=CC1)NC(=O)OC(C)(C)C. The van der Waals surface area contributed by atoms with Gasteiger partial charge in [-0.3, -0.25) is 19.2 Å². The van der Waals surface area contributed by atoms with Gasteiger partial charge in [0.2, 0.25) is 23.6 Å². The van der Waals surface area contributed by atoms with Crippen LogP contribution in [0.5, 0.6) is 0 Å². The fourth-order valence-corrected chi connectivity index (χ4v) is 4.56. The van der Waals surface area contributed by atoms with Gasteiger partial charge in [0.1, 0.15) is 23.7 Å². The van der Waals surface area contributed by atoms with Gasteiger partial charge in [-0.1, -0.05) is 61.4 Å². The Morgan fingerprint density at radius 2 is 1.31 bits per heavy atom. The van der Waals surface area contributed by atoms with Crippen molar-refractivity contribution in [2.24, 2.45) is 5.92 Å². The zero-order valence-electron chi connectivity index (χ0n) is 27.0. The van der Waals surface area contributed by atoms with E-state index in [0.29, 0.717) is 19.3 Å². The molecule has 0 aromatic rings. The minimum absolute atomic E-state index is 0.0973. The van der Waals surface area contributed by atoms with Crippen molar-refractivity contribution in [3.63, 3.8) is 0 Å². The maximum absolute atomic E-state index is 13.2. The van der Waals surface area contributed by atoms with Crippen molar-refractivity contribution in [1.82, 2.24) is 26.6 Å². The fraction of sp³-hybridized carbons (Fsp3) is 0.562. The van der Waals surface area contributed by atoms with Crippen molar-refractivity contribution in [2.45, 2.75) is 90.4 Å². The molecule has 248 valence electrons. The lowest BCUT2D eigenvalue weighted by atomic mass is 10.0. The van der Waals surface area contributed by atoms with Crippen LogP contribution in [-0.2, 0) is 33.4 Å². The van der Waals surface area contributed by atoms with Crippen molar-refractivity contribution in [1.29, 1.82) is 0 Å². The molecule has 13 heteroatoms. The summed E-state index contributed by atoms with van der Waals surface area (Å²) in [5, 5.41) is 12.8. The van der Waals surface area contributed by atoms with Crippen molar-refractivity contribution in [3.8, 4) is 0 Å². The summed E-state index contributed by atoms with van der Waals surface area (Å²) in [7, 11) is 1.24. The van der Waals surface area contributed by atoms with Crippen LogP contribution in [0.2, 0.25) is 0 Å². The molecule has 0 bridgehead atoms. The molecule has 13 nitrogen and oxygen atoms in total. The largest absolute Gasteiger partial charge is 0.467 e. The molecule has 2 rings (SSSR count). The van der Waals surface area contributed by atoms with E-state index < -0.39 is 72.5 Å². The predicted octanol–water partition coefficient (Wildman–Crippen LogP) is 1.85. The number of carbonyl (C=O) groups is 6. The Labute approximate surface area is 264 Å². The lowest BCUT2D eigenvalue weighted by Gasteiger charge is -2.24. The van der Waals surface area contributed by atoms with Crippen molar-refractivity contribution in [3.05, 3.63) is 47.6 Å². The van der Waals surface area contributed by atoms with Crippen LogP contribution < -0.4 is 26.6 Å². The first-order valence-corrected chi connectivity index (χ1v) is 15.1. The molecule has 0 unspecified atom stereocenters. The molecule has 0 spiro atoms. The standard InChI is InChI=1S/C32H47N5O8/c1-20(2)15-25(30(42)44-6)36-29(41)24(17-22-13-9-10-14-22)35-27(39)19-33-26(38)18-34-28(40)23(16-21-11-7-8-12-21)37-31(43)45-32(3,4)5/h7-11,13,20,23-25H,12,14-19H2,1-6H3,(H,33,38)(H,34,40)(H,35,39)(H,36,41)(H,37,43)/t23-,24-,25-/m0/s1. The van der Waals surface area contributed by atoms with E-state index >= 15 is 0 Å². The fourth-order valence-electron chi connectivity index (χ4n) is 4.56. The third kappa shape index (κ3) is 14.3. The Morgan fingerprint density at radius 1 is 0.756 bits per heavy atom. The number of carbonyl (C=O) groups excluding carboxylic acids is 6. The molecule has 3 atom stereocenters. The van der Waals surface area contributed by atoms with Gasteiger partial charge in [0.05, 0.1) is 20.2 Å². The van der Waals surface area contributed by atoms with Crippen LogP contribution in [0.3, 0.4) is 0 Å². The Bertz CT molecular complexity index is 1230. The molecule has 0 saturated heterocycles. The second kappa shape index (κ2) is 17.8. The highest BCUT2D eigenvalue weighted by Gasteiger charge is 2.29. The summed E-state index contributed by atoms with van der Waals surface area (Å²) in [5.74, 6) is -2.92. The first-order valence-electron chi connectivity index (χ1n) is 15.1. The number of hydrogen-bond donors (Lipinski definition) is 5. The highest BCUT2D eigenvalue weighted by Crippen LogP contribution is 2.18. The molecular weight excluding hydrogens is 582 g/mol. The van der Waals surface area contributed by atoms with Crippen LogP contribution in [0.15, 0.2) is 47.6 Å². The molecule has 0 aromatic carbocycles. The second-order valence-corrected chi connectivity index (χ2v) is 12.3. The summed E-state index contributed by atoms with van der Waals surface area (Å²) in [6.07, 6.45) is 12.6. The van der Waals surface area contributed by atoms with Gasteiger partial charge in [0.15, 0.2) is 0 Å². The van der Waals surface area contributed by atoms with Crippen LogP contribution in [0, 0.1) is 5.92 Å². The molecule has 45 heavy (non-hydrogen) atoms. The van der Waals surface area contributed by atoms with Crippen LogP contribution >= 0.6 is 0 Å². The number of hydrogen-bond acceptors (Lipinski definition) is 8. The maximum atomic E-state index is 13.2. The summed E-state index contributed by atoms with van der Waals surface area (Å²) in [6, 6.07) is -2.86. The molecule has 2 aliphatic carbocycles. The number of amides is 5. The third-order valence-electron chi connectivity index (χ3n) is 6.67. The Balaban J connectivity index is 1.94. The summed E-state index contributed by atoms with van der Waals surface area (Å²) in [5.41, 5.74) is 1.08. The van der Waals surface area contributed by atoms with E-state index in [0.717, 1.165) is 11.1 Å². The van der Waals surface area contributed by atoms with Gasteiger partial charge >= 0.3 is 12.1 Å². The number of allylic oxidation sites excluding steroid dienone is 6. The van der Waals surface area contributed by atoms with Gasteiger partial charge in [0, 0.05) is 0 Å². The summed E-state index contributed by atoms with van der Waals surface area (Å²) in [4.78, 5) is 75.9. The molecular formula is C32H47N5O8. The van der Waals surface area contributed by atoms with Crippen molar-refractivity contribution in [2.75, 3.05) is 20.2 Å². The van der Waals surface area contributed by atoms with Crippen LogP contribution in [-0.4, -0.2) is 79.6 Å². The Kier molecular flexibility index (Phi) is 14.5. The van der Waals surface area contributed by atoms with Gasteiger partial charge in [-0.15, -0.1) is 0 Å². The molecule has 5 amide bonds. The van der Waals surface area contributed by atoms with Crippen molar-refractivity contribution >= 4 is 35.7 Å². The number of esters is 1. The minimum Gasteiger partial charge on any atom is -0.467 e. The zero-order chi connectivity index (χ0) is 33.6. The average molecular weight is 630 g/mol. The highest BCUT2D eigenvalue weighted by molar-refractivity contribution is 5.93. The van der Waals surface area contributed by atoms with E-state index in [9.17, 15) is 28.8 Å². The molecule has 0 aliphatic heterocycles. The number of methoxy groups -OCH3 is 1. The summed E-state index contributed by atoms with van der Waals surface area (Å²) >= 11 is 0. The smallest absolute Gasteiger partial charge is 0.408 e. The van der Waals surface area contributed by atoms with Gasteiger partial charge in [-0.25, -0.2) is 9.59 Å². The first kappa shape index (κ1) is 36.8. The number of ether oxygens (including phenoxy) is 2. The van der Waals surface area contributed by atoms with E-state index in [-0.39, 0.29) is 18.8 Å². The van der Waals surface area contributed by atoms with Gasteiger partial charge < -0.3 is 36.1 Å². The molecule has 0 fully saturated rings. The lowest BCUT2D eigenvalue weighted by Crippen LogP contribution is -2.54. The number of nitrogens with one attached hydrogen (secondary N) is 5. The third-order valence-corrected chi connectivity index (χ3v) is 6.67. The molecule has 0 aromatic heterocycles. The number of alkyl carbamates (subject to hydrolysis) is 1. The average Bonchev–Trinajstić information content (AvgIpc) is 3.66. The monoisotopic (exact) mass is 629 g/mol. The minimum atomic E-state index is -1.00. The normalized spacial score (nSPS) is 15.7. The zero-order valence-corrected chi connectivity index (χ0v) is 27.0. The maximum Gasteiger partial charge on any atom is 0.408 e. The molecule has 0 saturated carbocycles. The first-order chi connectivity index (χ1) is 21.2. The quantitative estimate of drug-likeness (QED) is 0.160. The van der Waals surface area contributed by atoms with E-state index in [1.54, 1.807) is 20.8 Å². The van der Waals surface area contributed by atoms with E-state index in [4.69, 9.17) is 9.47 Å². The molecule has 5 N–H and O–H groups in total. The second-order valence-electron chi connectivity index (χ2n) is 12.3. The predicted molar refractivity (Wildman–Crippen MR) is 167 cm³/mol. The molecule has 0 heterocycles. The van der Waals surface area contributed by atoms with Crippen LogP contribution in [0.1, 0.15) is 66.7 Å². The Hall–Kier alpha value is -4.42. The van der Waals surface area contributed by atoms with E-state index in [2.05, 4.69) is 26.6 Å².